The van der Waals surface area contributed by atoms with Gasteiger partial charge in [-0.1, -0.05) is 45.9 Å². The van der Waals surface area contributed by atoms with Crippen molar-refractivity contribution >= 4 is 61.8 Å². The monoisotopic (exact) mass is 799 g/mol. The molecule has 6 N–H and O–H groups in total. The Balaban J connectivity index is 0.994. The van der Waals surface area contributed by atoms with Crippen molar-refractivity contribution in [3.63, 3.8) is 0 Å². The summed E-state index contributed by atoms with van der Waals surface area (Å²) in [6.07, 6.45) is 1.80. The number of benzene rings is 3. The van der Waals surface area contributed by atoms with Crippen molar-refractivity contribution in [2.24, 2.45) is 41.2 Å². The van der Waals surface area contributed by atoms with Gasteiger partial charge in [-0.2, -0.15) is 0 Å². The van der Waals surface area contributed by atoms with E-state index < -0.39 is 18.2 Å². The Morgan fingerprint density at radius 3 is 2.27 bits per heavy atom. The summed E-state index contributed by atoms with van der Waals surface area (Å²) in [6, 6.07) is 17.8. The van der Waals surface area contributed by atoms with Crippen LogP contribution in [0.4, 0.5) is 9.59 Å². The number of ether oxygens (including phenoxy) is 2. The number of methoxy groups -OCH3 is 2. The number of imidazole rings is 2. The molecular weight excluding hydrogens is 747 g/mol. The quantitative estimate of drug-likeness (QED) is 0.0855. The molecule has 308 valence electrons. The second kappa shape index (κ2) is 15.1. The molecular formula is C45H53N9O5. The van der Waals surface area contributed by atoms with Gasteiger partial charge in [0.15, 0.2) is 0 Å². The van der Waals surface area contributed by atoms with E-state index in [0.29, 0.717) is 36.8 Å². The summed E-state index contributed by atoms with van der Waals surface area (Å²) < 4.78 is 9.76. The van der Waals surface area contributed by atoms with Crippen molar-refractivity contribution in [2.75, 3.05) is 27.3 Å². The van der Waals surface area contributed by atoms with E-state index in [2.05, 4.69) is 70.8 Å². The average molecular weight is 800 g/mol. The summed E-state index contributed by atoms with van der Waals surface area (Å²) in [5.74, 6) is 3.41. The number of likely N-dealkylation sites (tertiary alicyclic amines) is 1. The fraction of sp³-hybridized carbons (Fsp3) is 0.467. The molecule has 14 nitrogen and oxygen atoms in total. The molecule has 2 aliphatic carbocycles. The molecule has 3 aromatic heterocycles. The first kappa shape index (κ1) is 38.7. The molecule has 59 heavy (non-hydrogen) atoms. The summed E-state index contributed by atoms with van der Waals surface area (Å²) in [5, 5.41) is 8.88. The van der Waals surface area contributed by atoms with Gasteiger partial charge in [0, 0.05) is 34.8 Å². The van der Waals surface area contributed by atoms with Crippen molar-refractivity contribution < 1.29 is 23.9 Å². The zero-order valence-electron chi connectivity index (χ0n) is 34.4. The smallest absolute Gasteiger partial charge is 0.407 e. The van der Waals surface area contributed by atoms with Crippen LogP contribution in [-0.4, -0.2) is 87.3 Å². The lowest BCUT2D eigenvalue weighted by molar-refractivity contribution is -0.136. The molecule has 6 unspecified atom stereocenters. The lowest BCUT2D eigenvalue weighted by atomic mass is 9.88. The third-order valence-corrected chi connectivity index (χ3v) is 13.2. The van der Waals surface area contributed by atoms with Crippen LogP contribution in [0.25, 0.3) is 55.0 Å². The normalized spacial score (nSPS) is 22.5. The minimum atomic E-state index is -0.687. The molecule has 0 spiro atoms. The number of hydrogen-bond acceptors (Lipinski definition) is 9. The molecule has 0 radical (unpaired) electrons. The van der Waals surface area contributed by atoms with E-state index in [-0.39, 0.29) is 35.7 Å². The molecule has 1 aliphatic heterocycles. The molecule has 14 heteroatoms. The van der Waals surface area contributed by atoms with Gasteiger partial charge >= 0.3 is 12.2 Å². The van der Waals surface area contributed by atoms with Gasteiger partial charge in [-0.25, -0.2) is 24.5 Å². The van der Waals surface area contributed by atoms with Crippen molar-refractivity contribution in [3.8, 4) is 11.3 Å². The van der Waals surface area contributed by atoms with Crippen LogP contribution in [0, 0.1) is 35.5 Å². The number of amides is 3. The highest BCUT2D eigenvalue weighted by molar-refractivity contribution is 6.06. The standard InChI is InChI=1S/C45H53N9O5/c1-21(2)36(50-44(56)58-5)18-31(29-16-25(29)19-46)41-48-35-14-13-33-28(39(35)51-41)10-12-32(47-33)24-7-9-27-23(15-24)8-11-34-38(27)52-42(49-34)40-30-17-26(30)20-54(40)43(55)37(22(3)4)53-45(57)59-6/h7-15,21-22,25-26,29-31,36-37,40H,16-20,46H2,1-6H3,(H,48,51)(H,49,52)(H,50,56)(H,53,57)/t25?,26?,29?,30?,31?,36-,37+,40?/m1/s1. The van der Waals surface area contributed by atoms with Gasteiger partial charge in [0.1, 0.15) is 17.7 Å². The molecule has 1 saturated heterocycles. The van der Waals surface area contributed by atoms with Gasteiger partial charge in [-0.15, -0.1) is 0 Å². The number of nitrogens with one attached hydrogen (secondary N) is 4. The predicted molar refractivity (Wildman–Crippen MR) is 226 cm³/mol. The van der Waals surface area contributed by atoms with Crippen molar-refractivity contribution in [2.45, 2.75) is 71.0 Å². The van der Waals surface area contributed by atoms with Crippen LogP contribution < -0.4 is 16.4 Å². The number of aromatic nitrogens is 5. The number of carbonyl (C=O) groups is 3. The van der Waals surface area contributed by atoms with Crippen LogP contribution in [0.3, 0.4) is 0 Å². The fourth-order valence-corrected chi connectivity index (χ4v) is 9.59. The summed E-state index contributed by atoms with van der Waals surface area (Å²) in [5.41, 5.74) is 12.4. The number of aromatic amines is 2. The predicted octanol–water partition coefficient (Wildman–Crippen LogP) is 7.16. The van der Waals surface area contributed by atoms with E-state index in [1.165, 1.54) is 14.2 Å². The number of H-pyrrole nitrogens is 2. The number of fused-ring (bicyclic) bond motifs is 7. The van der Waals surface area contributed by atoms with Crippen LogP contribution in [0.15, 0.2) is 54.6 Å². The number of piperidine rings is 1. The van der Waals surface area contributed by atoms with Crippen LogP contribution in [-0.2, 0) is 14.3 Å². The van der Waals surface area contributed by atoms with Gasteiger partial charge in [-0.3, -0.25) is 4.79 Å². The van der Waals surface area contributed by atoms with Gasteiger partial charge < -0.3 is 40.7 Å². The number of rotatable bonds is 12. The second-order valence-electron chi connectivity index (χ2n) is 17.5. The molecule has 9 rings (SSSR count). The highest BCUT2D eigenvalue weighted by Crippen LogP contribution is 2.56. The Morgan fingerprint density at radius 2 is 1.54 bits per heavy atom. The first-order valence-corrected chi connectivity index (χ1v) is 20.9. The van der Waals surface area contributed by atoms with E-state index in [4.69, 9.17) is 30.2 Å². The number of pyridine rings is 1. The largest absolute Gasteiger partial charge is 0.453 e. The van der Waals surface area contributed by atoms with Gasteiger partial charge in [0.25, 0.3) is 0 Å². The number of nitrogens with two attached hydrogens (primary N) is 1. The maximum atomic E-state index is 13.9. The fourth-order valence-electron chi connectivity index (χ4n) is 9.59. The molecule has 0 bridgehead atoms. The zero-order chi connectivity index (χ0) is 41.3. The molecule has 2 saturated carbocycles. The maximum Gasteiger partial charge on any atom is 0.407 e. The Bertz CT molecular complexity index is 2600. The van der Waals surface area contributed by atoms with Gasteiger partial charge in [0.05, 0.1) is 53.5 Å². The zero-order valence-corrected chi connectivity index (χ0v) is 34.4. The number of alkyl carbamates (subject to hydrolysis) is 2. The minimum Gasteiger partial charge on any atom is -0.453 e. The first-order valence-electron chi connectivity index (χ1n) is 20.9. The molecule has 3 aromatic carbocycles. The summed E-state index contributed by atoms with van der Waals surface area (Å²) >= 11 is 0. The van der Waals surface area contributed by atoms with Crippen LogP contribution in [0.5, 0.6) is 0 Å². The van der Waals surface area contributed by atoms with Crippen molar-refractivity contribution in [1.29, 1.82) is 0 Å². The molecule has 8 atom stereocenters. The van der Waals surface area contributed by atoms with E-state index in [0.717, 1.165) is 85.9 Å². The van der Waals surface area contributed by atoms with Crippen LogP contribution in [0.2, 0.25) is 0 Å². The lowest BCUT2D eigenvalue weighted by Crippen LogP contribution is -2.51. The molecule has 4 heterocycles. The summed E-state index contributed by atoms with van der Waals surface area (Å²) in [6.45, 7) is 9.36. The summed E-state index contributed by atoms with van der Waals surface area (Å²) in [4.78, 5) is 62.7. The Morgan fingerprint density at radius 1 is 0.831 bits per heavy atom. The Hall–Kier alpha value is -5.76. The number of carbonyl (C=O) groups excluding carboxylic acids is 3. The van der Waals surface area contributed by atoms with Crippen molar-refractivity contribution in [1.82, 2.24) is 40.5 Å². The average Bonchev–Trinajstić information content (AvgIpc) is 4.02. The van der Waals surface area contributed by atoms with Crippen molar-refractivity contribution in [3.05, 3.63) is 66.2 Å². The molecule has 3 fully saturated rings. The molecule has 3 amide bonds. The van der Waals surface area contributed by atoms with Crippen LogP contribution >= 0.6 is 0 Å². The highest BCUT2D eigenvalue weighted by atomic mass is 16.5. The van der Waals surface area contributed by atoms with E-state index in [1.807, 2.05) is 36.9 Å². The van der Waals surface area contributed by atoms with E-state index in [9.17, 15) is 14.4 Å². The second-order valence-corrected chi connectivity index (χ2v) is 17.5. The Kier molecular flexibility index (Phi) is 9.93. The number of hydrogen-bond donors (Lipinski definition) is 5. The first-order chi connectivity index (χ1) is 28.5. The van der Waals surface area contributed by atoms with E-state index >= 15 is 0 Å². The molecule has 6 aromatic rings. The SMILES string of the molecule is COC(=O)N[C@H](C(=O)N1CC2CC2C1c1nc2ccc3cc(-c4ccc5c(ccc6nc(C(C[C@@H](NC(=O)OC)C(C)C)C7CC7CN)[nH]c65)n4)ccc3c2[nH]1)C(C)C. The third-order valence-electron chi connectivity index (χ3n) is 13.2. The third kappa shape index (κ3) is 7.10. The lowest BCUT2D eigenvalue weighted by Gasteiger charge is -2.31. The summed E-state index contributed by atoms with van der Waals surface area (Å²) in [7, 11) is 2.70. The Labute approximate surface area is 342 Å². The topological polar surface area (TPSA) is 193 Å². The van der Waals surface area contributed by atoms with Crippen LogP contribution in [0.1, 0.15) is 70.6 Å². The van der Waals surface area contributed by atoms with Gasteiger partial charge in [0.2, 0.25) is 5.91 Å². The highest BCUT2D eigenvalue weighted by Gasteiger charge is 2.56. The minimum absolute atomic E-state index is 0.0753. The molecule has 3 aliphatic rings. The van der Waals surface area contributed by atoms with E-state index in [1.54, 1.807) is 0 Å². The number of nitrogens with zero attached hydrogens (tertiary/aromatic N) is 4. The van der Waals surface area contributed by atoms with Gasteiger partial charge in [-0.05, 0) is 103 Å². The maximum absolute atomic E-state index is 13.9.